The highest BCUT2D eigenvalue weighted by Gasteiger charge is 2.41. The van der Waals surface area contributed by atoms with Crippen LogP contribution in [0.1, 0.15) is 95.6 Å². The molecular weight excluding hydrogens is 358 g/mol. The van der Waals surface area contributed by atoms with Gasteiger partial charge < -0.3 is 0 Å². The Morgan fingerprint density at radius 1 is 0.633 bits per heavy atom. The molecule has 0 amide bonds. The molecule has 2 aromatic rings. The van der Waals surface area contributed by atoms with Crippen molar-refractivity contribution >= 4 is 14.3 Å². The molecule has 1 heterocycles. The largest absolute Gasteiger partial charge is 0.0864 e. The van der Waals surface area contributed by atoms with Gasteiger partial charge in [0.15, 0.2) is 0 Å². The van der Waals surface area contributed by atoms with Gasteiger partial charge in [-0.2, -0.15) is 0 Å². The van der Waals surface area contributed by atoms with Crippen molar-refractivity contribution < 1.29 is 0 Å². The molecule has 0 spiro atoms. The topological polar surface area (TPSA) is 0 Å². The van der Waals surface area contributed by atoms with Gasteiger partial charge >= 0.3 is 0 Å². The summed E-state index contributed by atoms with van der Waals surface area (Å²) in [6.07, 6.45) is 17.9. The minimum atomic E-state index is 0.259. The lowest BCUT2D eigenvalue weighted by atomic mass is 9.43. The summed E-state index contributed by atoms with van der Waals surface area (Å²) < 4.78 is 0. The molecule has 0 unspecified atom stereocenters. The van der Waals surface area contributed by atoms with Crippen LogP contribution < -0.4 is 0 Å². The fourth-order valence-corrected chi connectivity index (χ4v) is 5.67. The third kappa shape index (κ3) is 5.63. The molecule has 1 aliphatic carbocycles. The van der Waals surface area contributed by atoms with Crippen molar-refractivity contribution in [1.29, 1.82) is 0 Å². The maximum absolute atomic E-state index is 2.41. The summed E-state index contributed by atoms with van der Waals surface area (Å²) in [4.78, 5) is 0. The Bertz CT molecular complexity index is 681. The normalized spacial score (nSPS) is 15.4. The Labute approximate surface area is 187 Å². The van der Waals surface area contributed by atoms with Crippen LogP contribution in [0.15, 0.2) is 48.5 Å². The predicted octanol–water partition coefficient (Wildman–Crippen LogP) is 7.91. The molecule has 1 saturated heterocycles. The van der Waals surface area contributed by atoms with Crippen LogP contribution in [0, 0.1) is 0 Å². The van der Waals surface area contributed by atoms with E-state index >= 15 is 0 Å². The van der Waals surface area contributed by atoms with E-state index in [9.17, 15) is 0 Å². The highest BCUT2D eigenvalue weighted by atomic mass is 14.4. The molecule has 0 radical (unpaired) electrons. The van der Waals surface area contributed by atoms with Crippen molar-refractivity contribution in [3.63, 3.8) is 0 Å². The summed E-state index contributed by atoms with van der Waals surface area (Å²) in [5.74, 6) is 0. The second-order valence-electron chi connectivity index (χ2n) is 9.56. The van der Waals surface area contributed by atoms with Gasteiger partial charge in [0, 0.05) is 5.41 Å². The van der Waals surface area contributed by atoms with Gasteiger partial charge in [-0.05, 0) is 35.1 Å². The summed E-state index contributed by atoms with van der Waals surface area (Å²) in [6.45, 7) is 4.61. The molecule has 0 bridgehead atoms. The van der Waals surface area contributed by atoms with Crippen molar-refractivity contribution in [1.82, 2.24) is 0 Å². The maximum Gasteiger partial charge on any atom is 0.0864 e. The zero-order valence-corrected chi connectivity index (χ0v) is 19.7. The van der Waals surface area contributed by atoms with E-state index in [0.717, 1.165) is 0 Å². The third-order valence-corrected chi connectivity index (χ3v) is 7.34. The lowest BCUT2D eigenvalue weighted by Crippen LogP contribution is -2.25. The van der Waals surface area contributed by atoms with Crippen molar-refractivity contribution in [3.8, 4) is 11.1 Å². The number of benzene rings is 2. The van der Waals surface area contributed by atoms with Gasteiger partial charge in [0.1, 0.15) is 0 Å². The Kier molecular flexibility index (Phi) is 9.63. The molecule has 0 N–H and O–H groups in total. The molecule has 2 aromatic carbocycles. The van der Waals surface area contributed by atoms with E-state index in [1.165, 1.54) is 109 Å². The molecule has 2 heteroatoms. The van der Waals surface area contributed by atoms with Crippen molar-refractivity contribution in [2.75, 3.05) is 0 Å². The molecule has 0 nitrogen and oxygen atoms in total. The van der Waals surface area contributed by atoms with E-state index in [1.807, 2.05) is 0 Å². The van der Waals surface area contributed by atoms with Gasteiger partial charge in [0.05, 0.1) is 14.3 Å². The van der Waals surface area contributed by atoms with Crippen LogP contribution in [0.2, 0.25) is 12.6 Å². The summed E-state index contributed by atoms with van der Waals surface area (Å²) in [5.41, 5.74) is 6.44. The van der Waals surface area contributed by atoms with Crippen LogP contribution in [-0.4, -0.2) is 14.3 Å². The number of hydrogen-bond acceptors (Lipinski definition) is 0. The highest BCUT2D eigenvalue weighted by molar-refractivity contribution is 7.01. The second kappa shape index (κ2) is 12.4. The first-order chi connectivity index (χ1) is 14.8. The number of rotatable bonds is 10. The lowest BCUT2D eigenvalue weighted by molar-refractivity contribution is 0.401. The molecule has 4 rings (SSSR count). The molecule has 160 valence electrons. The molecular formula is C28H42B2. The Morgan fingerprint density at radius 3 is 1.50 bits per heavy atom. The zero-order chi connectivity index (χ0) is 21.1. The van der Waals surface area contributed by atoms with Crippen LogP contribution >= 0.6 is 0 Å². The molecule has 1 aliphatic heterocycles. The predicted molar refractivity (Wildman–Crippen MR) is 139 cm³/mol. The highest BCUT2D eigenvalue weighted by Crippen LogP contribution is 2.53. The smallest absolute Gasteiger partial charge is 0.0852 e. The number of hydrogen-bond donors (Lipinski definition) is 0. The Hall–Kier alpha value is -1.43. The van der Waals surface area contributed by atoms with Crippen LogP contribution in [0.25, 0.3) is 11.1 Å². The van der Waals surface area contributed by atoms with Crippen LogP contribution in [0.3, 0.4) is 0 Å². The molecule has 0 saturated carbocycles. The quantitative estimate of drug-likeness (QED) is 0.281. The fourth-order valence-electron chi connectivity index (χ4n) is 5.67. The third-order valence-electron chi connectivity index (χ3n) is 7.34. The van der Waals surface area contributed by atoms with Crippen molar-refractivity contribution in [2.45, 2.75) is 103 Å². The second-order valence-corrected chi connectivity index (χ2v) is 9.56. The average molecular weight is 400 g/mol. The van der Waals surface area contributed by atoms with Gasteiger partial charge in [-0.3, -0.25) is 0 Å². The van der Waals surface area contributed by atoms with Gasteiger partial charge in [-0.1, -0.05) is 133 Å². The Morgan fingerprint density at radius 2 is 1.10 bits per heavy atom. The number of unbranched alkanes of at least 4 members (excludes halogenated alkanes) is 6. The van der Waals surface area contributed by atoms with Crippen LogP contribution in [0.4, 0.5) is 0 Å². The van der Waals surface area contributed by atoms with Gasteiger partial charge in [-0.15, -0.1) is 0 Å². The van der Waals surface area contributed by atoms with Crippen LogP contribution in [0.5, 0.6) is 0 Å². The number of fused-ring (bicyclic) bond motifs is 3. The van der Waals surface area contributed by atoms with Crippen molar-refractivity contribution in [2.24, 2.45) is 0 Å². The summed E-state index contributed by atoms with van der Waals surface area (Å²) in [6, 6.07) is 18.4. The van der Waals surface area contributed by atoms with E-state index in [-0.39, 0.29) is 5.41 Å². The summed E-state index contributed by atoms with van der Waals surface area (Å²) in [5, 5.41) is 0. The summed E-state index contributed by atoms with van der Waals surface area (Å²) in [7, 11) is 3.00. The Balaban J connectivity index is 0.000000448. The summed E-state index contributed by atoms with van der Waals surface area (Å²) >= 11 is 0. The molecule has 2 aliphatic rings. The van der Waals surface area contributed by atoms with Crippen LogP contribution in [-0.2, 0) is 5.41 Å². The molecule has 30 heavy (non-hydrogen) atoms. The van der Waals surface area contributed by atoms with Crippen molar-refractivity contribution in [3.05, 3.63) is 59.7 Å². The zero-order valence-electron chi connectivity index (χ0n) is 19.7. The maximum atomic E-state index is 2.41. The van der Waals surface area contributed by atoms with E-state index in [0.29, 0.717) is 0 Å². The van der Waals surface area contributed by atoms with Gasteiger partial charge in [0.25, 0.3) is 0 Å². The first-order valence-corrected chi connectivity index (χ1v) is 13.0. The molecule has 0 atom stereocenters. The standard InChI is InChI=1S/C25H34.C3H8B2/c1-3-5-7-13-19-25(20-14-8-6-4-2)23-17-11-9-15-21(23)22-16-10-12-18-24(22)25;1-2-4-5-3-1/h9-12,15-18H,3-8,13-14,19-20H2,1-2H3;4-5H,1-3H2. The SMILES string of the molecule is B1BCCC1.CCCCCCC1(CCCCCC)c2ccccc2-c2ccccc21. The average Bonchev–Trinajstić information content (AvgIpc) is 3.46. The van der Waals surface area contributed by atoms with E-state index in [2.05, 4.69) is 62.4 Å². The van der Waals surface area contributed by atoms with E-state index in [4.69, 9.17) is 0 Å². The molecule has 0 aromatic heterocycles. The minimum absolute atomic E-state index is 0.259. The monoisotopic (exact) mass is 400 g/mol. The van der Waals surface area contributed by atoms with E-state index in [1.54, 1.807) is 11.1 Å². The molecule has 1 fully saturated rings. The first kappa shape index (κ1) is 23.2. The van der Waals surface area contributed by atoms with E-state index < -0.39 is 0 Å². The van der Waals surface area contributed by atoms with Gasteiger partial charge in [-0.25, -0.2) is 0 Å². The minimum Gasteiger partial charge on any atom is -0.0852 e. The first-order valence-electron chi connectivity index (χ1n) is 13.0. The lowest BCUT2D eigenvalue weighted by Gasteiger charge is -2.33. The van der Waals surface area contributed by atoms with Gasteiger partial charge in [0.2, 0.25) is 0 Å². The fraction of sp³-hybridized carbons (Fsp3) is 0.571.